The standard InChI is InChI=1S/C10H11F4Si/c1-5-6(11)8(13)10(15(2,3)4)9(14)7(5)12/h1H2,2-4H3. The van der Waals surface area contributed by atoms with E-state index in [-0.39, 0.29) is 0 Å². The molecule has 0 amide bonds. The summed E-state index contributed by atoms with van der Waals surface area (Å²) in [6.07, 6.45) is 0. The van der Waals surface area contributed by atoms with Crippen LogP contribution in [0, 0.1) is 30.2 Å². The van der Waals surface area contributed by atoms with E-state index in [9.17, 15) is 17.6 Å². The van der Waals surface area contributed by atoms with E-state index in [1.807, 2.05) is 0 Å². The maximum Gasteiger partial charge on any atom is 0.165 e. The molecule has 1 aromatic carbocycles. The molecule has 0 aromatic heterocycles. The zero-order valence-corrected chi connectivity index (χ0v) is 9.72. The number of hydrogen-bond acceptors (Lipinski definition) is 0. The largest absolute Gasteiger partial charge is 0.204 e. The molecule has 0 saturated heterocycles. The van der Waals surface area contributed by atoms with Crippen LogP contribution in [0.5, 0.6) is 0 Å². The highest BCUT2D eigenvalue weighted by Gasteiger charge is 2.31. The van der Waals surface area contributed by atoms with E-state index in [0.717, 1.165) is 0 Å². The molecular formula is C10H11F4Si. The van der Waals surface area contributed by atoms with Crippen LogP contribution in [0.3, 0.4) is 0 Å². The summed E-state index contributed by atoms with van der Waals surface area (Å²) in [7, 11) is -2.47. The number of rotatable bonds is 1. The Hall–Kier alpha value is -0.843. The molecule has 1 rings (SSSR count). The van der Waals surface area contributed by atoms with Gasteiger partial charge in [-0.15, -0.1) is 0 Å². The molecule has 83 valence electrons. The summed E-state index contributed by atoms with van der Waals surface area (Å²) in [4.78, 5) is 0. The summed E-state index contributed by atoms with van der Waals surface area (Å²) in [5, 5.41) is -0.454. The summed E-state index contributed by atoms with van der Waals surface area (Å²) in [5.41, 5.74) is -0.855. The Kier molecular flexibility index (Phi) is 2.96. The van der Waals surface area contributed by atoms with E-state index in [1.165, 1.54) is 0 Å². The molecule has 5 heteroatoms. The van der Waals surface area contributed by atoms with Gasteiger partial charge in [0.1, 0.15) is 0 Å². The van der Waals surface area contributed by atoms with Gasteiger partial charge < -0.3 is 0 Å². The van der Waals surface area contributed by atoms with Gasteiger partial charge in [0.25, 0.3) is 0 Å². The molecule has 1 aromatic rings. The average molecular weight is 235 g/mol. The van der Waals surface area contributed by atoms with Gasteiger partial charge in [-0.25, -0.2) is 17.6 Å². The van der Waals surface area contributed by atoms with Crippen LogP contribution in [-0.2, 0) is 0 Å². The quantitative estimate of drug-likeness (QED) is 0.399. The third-order valence-electron chi connectivity index (χ3n) is 2.10. The number of hydrogen-bond donors (Lipinski definition) is 0. The smallest absolute Gasteiger partial charge is 0.165 e. The van der Waals surface area contributed by atoms with Crippen LogP contribution < -0.4 is 5.19 Å². The zero-order chi connectivity index (χ0) is 12.0. The predicted molar refractivity (Wildman–Crippen MR) is 53.7 cm³/mol. The lowest BCUT2D eigenvalue weighted by Crippen LogP contribution is -2.44. The Bertz CT molecular complexity index is 378. The fraction of sp³-hybridized carbons (Fsp3) is 0.300. The lowest BCUT2D eigenvalue weighted by Gasteiger charge is -2.19. The normalized spacial score (nSPS) is 12.0. The second kappa shape index (κ2) is 3.63. The summed E-state index contributed by atoms with van der Waals surface area (Å²) in [6, 6.07) is 0. The van der Waals surface area contributed by atoms with Crippen molar-refractivity contribution in [3.05, 3.63) is 35.8 Å². The van der Waals surface area contributed by atoms with Gasteiger partial charge in [-0.2, -0.15) is 0 Å². The van der Waals surface area contributed by atoms with Crippen molar-refractivity contribution >= 4 is 13.3 Å². The summed E-state index contributed by atoms with van der Waals surface area (Å²) >= 11 is 0. The molecule has 15 heavy (non-hydrogen) atoms. The van der Waals surface area contributed by atoms with Gasteiger partial charge in [-0.3, -0.25) is 0 Å². The minimum absolute atomic E-state index is 0.454. The first-order valence-electron chi connectivity index (χ1n) is 4.36. The molecule has 0 unspecified atom stereocenters. The second-order valence-corrected chi connectivity index (χ2v) is 9.36. The third-order valence-corrected chi connectivity index (χ3v) is 4.04. The SMILES string of the molecule is [CH2]c1c(F)c(F)c([Si](C)(C)C)c(F)c1F. The zero-order valence-electron chi connectivity index (χ0n) is 8.72. The molecule has 0 atom stereocenters. The van der Waals surface area contributed by atoms with Crippen LogP contribution >= 0.6 is 0 Å². The molecule has 0 aliphatic rings. The Labute approximate surface area is 86.9 Å². The Balaban J connectivity index is 3.68. The Morgan fingerprint density at radius 2 is 1.13 bits per heavy atom. The van der Waals surface area contributed by atoms with Gasteiger partial charge in [0.2, 0.25) is 0 Å². The van der Waals surface area contributed by atoms with Crippen LogP contribution in [0.2, 0.25) is 19.6 Å². The fourth-order valence-electron chi connectivity index (χ4n) is 1.34. The molecule has 0 spiro atoms. The van der Waals surface area contributed by atoms with Crippen LogP contribution in [0.25, 0.3) is 0 Å². The maximum absolute atomic E-state index is 13.4. The van der Waals surface area contributed by atoms with Crippen molar-refractivity contribution in [1.82, 2.24) is 0 Å². The lowest BCUT2D eigenvalue weighted by molar-refractivity contribution is 0.457. The molecule has 1 radical (unpaired) electrons. The molecule has 0 aliphatic heterocycles. The van der Waals surface area contributed by atoms with E-state index in [1.54, 1.807) is 19.6 Å². The molecule has 0 heterocycles. The second-order valence-electron chi connectivity index (χ2n) is 4.36. The van der Waals surface area contributed by atoms with Crippen LogP contribution in [0.4, 0.5) is 17.6 Å². The van der Waals surface area contributed by atoms with Crippen LogP contribution in [0.15, 0.2) is 0 Å². The molecular weight excluding hydrogens is 224 g/mol. The summed E-state index contributed by atoms with van der Waals surface area (Å²) < 4.78 is 53.1. The van der Waals surface area contributed by atoms with E-state index in [0.29, 0.717) is 0 Å². The molecule has 0 bridgehead atoms. The maximum atomic E-state index is 13.4. The molecule has 0 fully saturated rings. The lowest BCUT2D eigenvalue weighted by atomic mass is 10.2. The fourth-order valence-corrected chi connectivity index (χ4v) is 2.87. The van der Waals surface area contributed by atoms with Crippen molar-refractivity contribution in [3.8, 4) is 0 Å². The first kappa shape index (κ1) is 12.2. The number of benzene rings is 1. The minimum Gasteiger partial charge on any atom is -0.204 e. The summed E-state index contributed by atoms with van der Waals surface area (Å²) in [5.74, 6) is -5.41. The van der Waals surface area contributed by atoms with Gasteiger partial charge in [-0.05, 0) is 6.92 Å². The topological polar surface area (TPSA) is 0 Å². The van der Waals surface area contributed by atoms with Gasteiger partial charge in [-0.1, -0.05) is 19.6 Å². The summed E-state index contributed by atoms with van der Waals surface area (Å²) in [6.45, 7) is 7.77. The highest BCUT2D eigenvalue weighted by atomic mass is 28.3. The molecule has 0 aliphatic carbocycles. The molecule has 0 nitrogen and oxygen atoms in total. The highest BCUT2D eigenvalue weighted by molar-refractivity contribution is 6.88. The van der Waals surface area contributed by atoms with E-state index in [4.69, 9.17) is 0 Å². The average Bonchev–Trinajstić information content (AvgIpc) is 2.09. The highest BCUT2D eigenvalue weighted by Crippen LogP contribution is 2.19. The molecule has 0 N–H and O–H groups in total. The first-order valence-corrected chi connectivity index (χ1v) is 7.86. The Morgan fingerprint density at radius 1 is 0.800 bits per heavy atom. The van der Waals surface area contributed by atoms with Crippen molar-refractivity contribution in [2.24, 2.45) is 0 Å². The monoisotopic (exact) mass is 235 g/mol. The van der Waals surface area contributed by atoms with Gasteiger partial charge in [0.05, 0.1) is 8.07 Å². The predicted octanol–water partition coefficient (Wildman–Crippen LogP) is 2.97. The first-order chi connectivity index (χ1) is 6.68. The Morgan fingerprint density at radius 3 is 1.40 bits per heavy atom. The number of halogens is 4. The van der Waals surface area contributed by atoms with Gasteiger partial charge >= 0.3 is 0 Å². The van der Waals surface area contributed by atoms with Crippen molar-refractivity contribution < 1.29 is 17.6 Å². The minimum atomic E-state index is -2.47. The van der Waals surface area contributed by atoms with Gasteiger partial charge in [0, 0.05) is 10.8 Å². The van der Waals surface area contributed by atoms with E-state index < -0.39 is 42.1 Å². The van der Waals surface area contributed by atoms with E-state index >= 15 is 0 Å². The molecule has 0 saturated carbocycles. The van der Waals surface area contributed by atoms with E-state index in [2.05, 4.69) is 6.92 Å². The van der Waals surface area contributed by atoms with Crippen molar-refractivity contribution in [3.63, 3.8) is 0 Å². The third kappa shape index (κ3) is 1.93. The van der Waals surface area contributed by atoms with Crippen molar-refractivity contribution in [2.75, 3.05) is 0 Å². The van der Waals surface area contributed by atoms with Gasteiger partial charge in [0.15, 0.2) is 23.3 Å². The van der Waals surface area contributed by atoms with Crippen LogP contribution in [0.1, 0.15) is 5.56 Å². The van der Waals surface area contributed by atoms with Crippen LogP contribution in [-0.4, -0.2) is 8.07 Å². The van der Waals surface area contributed by atoms with Crippen molar-refractivity contribution in [2.45, 2.75) is 19.6 Å². The van der Waals surface area contributed by atoms with Crippen molar-refractivity contribution in [1.29, 1.82) is 0 Å².